The topological polar surface area (TPSA) is 167 Å². The number of methoxy groups -OCH3 is 2. The largest absolute Gasteiger partial charge is 0.495 e. The maximum Gasteiger partial charge on any atom is 0.221 e. The van der Waals surface area contributed by atoms with Gasteiger partial charge in [0.15, 0.2) is 0 Å². The lowest BCUT2D eigenvalue weighted by atomic mass is 10.1. The van der Waals surface area contributed by atoms with E-state index in [-0.39, 0.29) is 5.95 Å². The van der Waals surface area contributed by atoms with Gasteiger partial charge < -0.3 is 25.8 Å². The van der Waals surface area contributed by atoms with Crippen molar-refractivity contribution in [2.75, 3.05) is 33.2 Å². The molecule has 11 nitrogen and oxygen atoms in total. The number of pyridine rings is 1. The van der Waals surface area contributed by atoms with Gasteiger partial charge in [0.1, 0.15) is 17.5 Å². The van der Waals surface area contributed by atoms with Crippen molar-refractivity contribution in [3.63, 3.8) is 0 Å². The Morgan fingerprint density at radius 1 is 1.09 bits per heavy atom. The molecule has 180 valence electrons. The zero-order valence-corrected chi connectivity index (χ0v) is 19.5. The summed E-state index contributed by atoms with van der Waals surface area (Å²) < 4.78 is 15.9. The number of aliphatic imine (C=N–C) groups is 1. The van der Waals surface area contributed by atoms with Crippen LogP contribution in [0.3, 0.4) is 0 Å². The lowest BCUT2D eigenvalue weighted by molar-refractivity contribution is 0.0601. The number of hydrazone groups is 1. The quantitative estimate of drug-likeness (QED) is 0.183. The molecule has 0 atom stereocenters. The molecule has 0 saturated carbocycles. The molecular weight excluding hydrogens is 448 g/mol. The van der Waals surface area contributed by atoms with Crippen LogP contribution in [-0.2, 0) is 22.6 Å². The van der Waals surface area contributed by atoms with Gasteiger partial charge in [-0.1, -0.05) is 12.1 Å². The Bertz CT molecular complexity index is 1250. The third kappa shape index (κ3) is 6.80. The van der Waals surface area contributed by atoms with E-state index in [4.69, 9.17) is 25.8 Å². The molecule has 1 aromatic carbocycles. The molecule has 0 unspecified atom stereocenters. The highest BCUT2D eigenvalue weighted by Gasteiger charge is 2.15. The lowest BCUT2D eigenvalue weighted by Gasteiger charge is -2.11. The van der Waals surface area contributed by atoms with Gasteiger partial charge in [0, 0.05) is 12.7 Å². The highest BCUT2D eigenvalue weighted by Crippen LogP contribution is 2.32. The average molecular weight is 475 g/mol. The molecule has 0 amide bonds. The van der Waals surface area contributed by atoms with Crippen molar-refractivity contribution >= 4 is 17.9 Å². The number of hydrogen-bond acceptors (Lipinski definition) is 11. The van der Waals surface area contributed by atoms with Crippen molar-refractivity contribution in [1.82, 2.24) is 15.0 Å². The van der Waals surface area contributed by atoms with E-state index in [0.29, 0.717) is 60.3 Å². The number of benzene rings is 1. The normalized spacial score (nSPS) is 11.5. The van der Waals surface area contributed by atoms with Gasteiger partial charge in [0.05, 0.1) is 68.0 Å². The van der Waals surface area contributed by atoms with E-state index in [9.17, 15) is 5.26 Å². The monoisotopic (exact) mass is 474 g/mol. The summed E-state index contributed by atoms with van der Waals surface area (Å²) in [5.74, 6) is 6.01. The number of rotatable bonds is 11. The molecule has 0 fully saturated rings. The Labute approximate surface area is 203 Å². The summed E-state index contributed by atoms with van der Waals surface area (Å²) in [7, 11) is 3.11. The van der Waals surface area contributed by atoms with Gasteiger partial charge in [-0.25, -0.2) is 9.97 Å². The lowest BCUT2D eigenvalue weighted by Crippen LogP contribution is -2.12. The maximum atomic E-state index is 9.37. The minimum atomic E-state index is 0.0132. The van der Waals surface area contributed by atoms with Crippen molar-refractivity contribution in [1.29, 1.82) is 5.26 Å². The van der Waals surface area contributed by atoms with Gasteiger partial charge in [-0.2, -0.15) is 10.4 Å². The SMILES string of the molecule is COCCOCc1cccc(CN=CC(=NN)c2cc(-c3cccc(C#N)c3OC)nc(N)n2)n1. The number of nitrogen functional groups attached to an aromatic ring is 1. The first-order chi connectivity index (χ1) is 17.1. The molecule has 0 aliphatic rings. The Balaban J connectivity index is 1.78. The number of hydrogen-bond donors (Lipinski definition) is 2. The highest BCUT2D eigenvalue weighted by atomic mass is 16.5. The first kappa shape index (κ1) is 25.2. The third-order valence-corrected chi connectivity index (χ3v) is 4.77. The minimum absolute atomic E-state index is 0.0132. The minimum Gasteiger partial charge on any atom is -0.495 e. The van der Waals surface area contributed by atoms with Crippen molar-refractivity contribution in [3.05, 3.63) is 65.1 Å². The Kier molecular flexibility index (Phi) is 9.18. The van der Waals surface area contributed by atoms with E-state index in [1.165, 1.54) is 13.3 Å². The van der Waals surface area contributed by atoms with Gasteiger partial charge in [-0.3, -0.25) is 9.98 Å². The van der Waals surface area contributed by atoms with Gasteiger partial charge in [0.25, 0.3) is 0 Å². The predicted molar refractivity (Wildman–Crippen MR) is 132 cm³/mol. The second kappa shape index (κ2) is 12.7. The van der Waals surface area contributed by atoms with Gasteiger partial charge in [-0.15, -0.1) is 0 Å². The van der Waals surface area contributed by atoms with Gasteiger partial charge >= 0.3 is 0 Å². The fourth-order valence-electron chi connectivity index (χ4n) is 3.19. The van der Waals surface area contributed by atoms with Crippen LogP contribution in [0.25, 0.3) is 11.3 Å². The molecule has 0 aliphatic heterocycles. The summed E-state index contributed by atoms with van der Waals surface area (Å²) in [6.45, 7) is 1.71. The van der Waals surface area contributed by atoms with E-state index in [2.05, 4.69) is 31.1 Å². The summed E-state index contributed by atoms with van der Waals surface area (Å²) in [5, 5.41) is 13.2. The highest BCUT2D eigenvalue weighted by molar-refractivity contribution is 6.37. The molecule has 2 aromatic heterocycles. The predicted octanol–water partition coefficient (Wildman–Crippen LogP) is 2.10. The van der Waals surface area contributed by atoms with E-state index < -0.39 is 0 Å². The molecule has 0 saturated heterocycles. The first-order valence-corrected chi connectivity index (χ1v) is 10.6. The van der Waals surface area contributed by atoms with Crippen LogP contribution in [0.1, 0.15) is 22.6 Å². The molecule has 3 aromatic rings. The van der Waals surface area contributed by atoms with Crippen LogP contribution in [0.4, 0.5) is 5.95 Å². The number of nitrogens with zero attached hydrogens (tertiary/aromatic N) is 6. The van der Waals surface area contributed by atoms with Crippen LogP contribution in [-0.4, -0.2) is 54.3 Å². The molecule has 11 heteroatoms. The molecule has 35 heavy (non-hydrogen) atoms. The molecule has 0 aliphatic carbocycles. The van der Waals surface area contributed by atoms with Crippen LogP contribution in [0, 0.1) is 11.3 Å². The van der Waals surface area contributed by atoms with Crippen LogP contribution >= 0.6 is 0 Å². The zero-order valence-electron chi connectivity index (χ0n) is 19.5. The second-order valence-electron chi connectivity index (χ2n) is 7.14. The molecule has 3 rings (SSSR count). The average Bonchev–Trinajstić information content (AvgIpc) is 2.88. The molecule has 0 spiro atoms. The van der Waals surface area contributed by atoms with Crippen molar-refractivity contribution in [2.45, 2.75) is 13.2 Å². The number of ether oxygens (including phenoxy) is 3. The van der Waals surface area contributed by atoms with Crippen LogP contribution in [0.15, 0.2) is 52.6 Å². The van der Waals surface area contributed by atoms with Crippen LogP contribution in [0.2, 0.25) is 0 Å². The Morgan fingerprint density at radius 3 is 2.63 bits per heavy atom. The smallest absolute Gasteiger partial charge is 0.221 e. The van der Waals surface area contributed by atoms with Crippen molar-refractivity contribution < 1.29 is 14.2 Å². The Morgan fingerprint density at radius 2 is 1.89 bits per heavy atom. The summed E-state index contributed by atoms with van der Waals surface area (Å²) >= 11 is 0. The van der Waals surface area contributed by atoms with E-state index >= 15 is 0 Å². The molecule has 4 N–H and O–H groups in total. The summed E-state index contributed by atoms with van der Waals surface area (Å²) in [6, 6.07) is 14.6. The van der Waals surface area contributed by atoms with E-state index in [1.807, 2.05) is 18.2 Å². The van der Waals surface area contributed by atoms with Crippen LogP contribution < -0.4 is 16.3 Å². The molecular formula is C24H26N8O3. The summed E-state index contributed by atoms with van der Waals surface area (Å²) in [5.41, 5.74) is 9.59. The Hall–Kier alpha value is -4.40. The summed E-state index contributed by atoms with van der Waals surface area (Å²) in [6.07, 6.45) is 1.50. The summed E-state index contributed by atoms with van der Waals surface area (Å²) in [4.78, 5) is 17.5. The maximum absolute atomic E-state index is 9.37. The van der Waals surface area contributed by atoms with Crippen molar-refractivity contribution in [2.24, 2.45) is 15.9 Å². The van der Waals surface area contributed by atoms with Crippen molar-refractivity contribution in [3.8, 4) is 23.1 Å². The van der Waals surface area contributed by atoms with E-state index in [0.717, 1.165) is 11.4 Å². The van der Waals surface area contributed by atoms with E-state index in [1.54, 1.807) is 31.4 Å². The van der Waals surface area contributed by atoms with Gasteiger partial charge in [0.2, 0.25) is 5.95 Å². The first-order valence-electron chi connectivity index (χ1n) is 10.6. The number of aromatic nitrogens is 3. The number of nitriles is 1. The number of nitrogens with two attached hydrogens (primary N) is 2. The third-order valence-electron chi connectivity index (χ3n) is 4.77. The zero-order chi connectivity index (χ0) is 25.0. The second-order valence-corrected chi connectivity index (χ2v) is 7.14. The molecule has 0 radical (unpaired) electrons. The number of para-hydroxylation sites is 1. The standard InChI is InChI=1S/C24H26N8O3/c1-33-9-10-35-15-18-7-4-6-17(29-18)13-28-14-22(32-27)21-11-20(30-24(26)31-21)19-8-3-5-16(12-25)23(19)34-2/h3-8,11,14H,9-10,13,15,27H2,1-2H3,(H2,26,30,31). The fraction of sp³-hybridized carbons (Fsp3) is 0.250. The molecule has 0 bridgehead atoms. The van der Waals surface area contributed by atoms with Gasteiger partial charge in [-0.05, 0) is 30.3 Å². The van der Waals surface area contributed by atoms with Crippen LogP contribution in [0.5, 0.6) is 5.75 Å². The number of anilines is 1. The molecule has 2 heterocycles. The fourth-order valence-corrected chi connectivity index (χ4v) is 3.19.